The Morgan fingerprint density at radius 2 is 1.79 bits per heavy atom. The predicted octanol–water partition coefficient (Wildman–Crippen LogP) is 4.08. The van der Waals surface area contributed by atoms with E-state index in [2.05, 4.69) is 23.9 Å². The van der Waals surface area contributed by atoms with Gasteiger partial charge in [0.25, 0.3) is 0 Å². The predicted molar refractivity (Wildman–Crippen MR) is 69.3 cm³/mol. The topological polar surface area (TPSA) is 21.3 Å². The summed E-state index contributed by atoms with van der Waals surface area (Å²) in [7, 11) is 0. The van der Waals surface area contributed by atoms with Crippen molar-refractivity contribution >= 4 is 0 Å². The number of rotatable bonds is 7. The van der Waals surface area contributed by atoms with E-state index >= 15 is 0 Å². The fourth-order valence-electron chi connectivity index (χ4n) is 1.78. The van der Waals surface area contributed by atoms with Crippen molar-refractivity contribution in [3.8, 4) is 5.75 Å². The van der Waals surface area contributed by atoms with Crippen molar-refractivity contribution in [1.82, 2.24) is 5.32 Å². The molecule has 1 aromatic rings. The summed E-state index contributed by atoms with van der Waals surface area (Å²) >= 11 is 0. The average molecular weight is 275 g/mol. The van der Waals surface area contributed by atoms with Crippen molar-refractivity contribution in [3.63, 3.8) is 0 Å². The molecule has 1 aromatic carbocycles. The highest BCUT2D eigenvalue weighted by atomic mass is 19.4. The van der Waals surface area contributed by atoms with Crippen LogP contribution in [0.15, 0.2) is 24.3 Å². The van der Waals surface area contributed by atoms with E-state index in [9.17, 15) is 13.2 Å². The van der Waals surface area contributed by atoms with Crippen LogP contribution >= 0.6 is 0 Å². The molecular weight excluding hydrogens is 255 g/mol. The van der Waals surface area contributed by atoms with Crippen LogP contribution in [-0.2, 0) is 0 Å². The van der Waals surface area contributed by atoms with E-state index in [1.54, 1.807) is 12.1 Å². The molecule has 0 fully saturated rings. The van der Waals surface area contributed by atoms with Crippen LogP contribution in [0.1, 0.15) is 38.3 Å². The molecule has 0 aliphatic rings. The summed E-state index contributed by atoms with van der Waals surface area (Å²) < 4.78 is 40.7. The zero-order valence-corrected chi connectivity index (χ0v) is 11.3. The Morgan fingerprint density at radius 3 is 2.26 bits per heavy atom. The molecule has 1 atom stereocenters. The Bertz CT molecular complexity index is 362. The van der Waals surface area contributed by atoms with Crippen molar-refractivity contribution in [2.24, 2.45) is 0 Å². The largest absolute Gasteiger partial charge is 0.484 e. The molecule has 0 heterocycles. The van der Waals surface area contributed by atoms with Gasteiger partial charge in [-0.1, -0.05) is 26.0 Å². The molecule has 0 aliphatic carbocycles. The van der Waals surface area contributed by atoms with Gasteiger partial charge in [0.05, 0.1) is 0 Å². The molecule has 1 rings (SSSR count). The molecule has 0 bridgehead atoms. The molecule has 0 spiro atoms. The second-order valence-corrected chi connectivity index (χ2v) is 4.39. The molecule has 2 nitrogen and oxygen atoms in total. The Labute approximate surface area is 112 Å². The van der Waals surface area contributed by atoms with Gasteiger partial charge in [-0.2, -0.15) is 13.2 Å². The quantitative estimate of drug-likeness (QED) is 0.809. The van der Waals surface area contributed by atoms with Crippen LogP contribution in [0.4, 0.5) is 13.2 Å². The fourth-order valence-corrected chi connectivity index (χ4v) is 1.78. The zero-order chi connectivity index (χ0) is 14.3. The lowest BCUT2D eigenvalue weighted by atomic mass is 10.0. The number of nitrogens with one attached hydrogen (secondary N) is 1. The molecule has 1 unspecified atom stereocenters. The molecule has 5 heteroatoms. The molecule has 19 heavy (non-hydrogen) atoms. The number of alkyl halides is 3. The maximum Gasteiger partial charge on any atom is 0.422 e. The van der Waals surface area contributed by atoms with Crippen LogP contribution in [0.5, 0.6) is 5.75 Å². The summed E-state index contributed by atoms with van der Waals surface area (Å²) in [6.07, 6.45) is -2.32. The number of benzene rings is 1. The van der Waals surface area contributed by atoms with Gasteiger partial charge in [0.15, 0.2) is 6.61 Å². The van der Waals surface area contributed by atoms with E-state index in [1.165, 1.54) is 0 Å². The minimum Gasteiger partial charge on any atom is -0.484 e. The van der Waals surface area contributed by atoms with Crippen LogP contribution in [-0.4, -0.2) is 19.3 Å². The van der Waals surface area contributed by atoms with Gasteiger partial charge in [-0.05, 0) is 37.1 Å². The van der Waals surface area contributed by atoms with Crippen molar-refractivity contribution in [1.29, 1.82) is 0 Å². The van der Waals surface area contributed by atoms with E-state index in [4.69, 9.17) is 0 Å². The van der Waals surface area contributed by atoms with E-state index in [1.807, 2.05) is 12.1 Å². The zero-order valence-electron chi connectivity index (χ0n) is 11.3. The molecule has 0 saturated carbocycles. The summed E-state index contributed by atoms with van der Waals surface area (Å²) in [5.74, 6) is 0.242. The van der Waals surface area contributed by atoms with Gasteiger partial charge in [0.1, 0.15) is 5.75 Å². The van der Waals surface area contributed by atoms with Gasteiger partial charge in [-0.3, -0.25) is 0 Å². The number of hydrogen-bond donors (Lipinski definition) is 1. The van der Waals surface area contributed by atoms with Crippen LogP contribution in [0, 0.1) is 0 Å². The van der Waals surface area contributed by atoms with Gasteiger partial charge >= 0.3 is 6.18 Å². The number of halogens is 3. The van der Waals surface area contributed by atoms with Gasteiger partial charge in [-0.25, -0.2) is 0 Å². The van der Waals surface area contributed by atoms with Gasteiger partial charge in [0, 0.05) is 6.04 Å². The fraction of sp³-hybridized carbons (Fsp3) is 0.571. The first-order chi connectivity index (χ1) is 8.96. The van der Waals surface area contributed by atoms with E-state index in [-0.39, 0.29) is 11.8 Å². The lowest BCUT2D eigenvalue weighted by molar-refractivity contribution is -0.153. The molecular formula is C14H20F3NO. The summed E-state index contributed by atoms with van der Waals surface area (Å²) in [6.45, 7) is 3.83. The third-order valence-corrected chi connectivity index (χ3v) is 2.73. The van der Waals surface area contributed by atoms with Gasteiger partial charge in [-0.15, -0.1) is 0 Å². The van der Waals surface area contributed by atoms with Crippen LogP contribution in [0.25, 0.3) is 0 Å². The lowest BCUT2D eigenvalue weighted by Crippen LogP contribution is -2.21. The van der Waals surface area contributed by atoms with E-state index in [0.29, 0.717) is 0 Å². The minimum atomic E-state index is -4.30. The smallest absolute Gasteiger partial charge is 0.422 e. The monoisotopic (exact) mass is 275 g/mol. The van der Waals surface area contributed by atoms with Crippen molar-refractivity contribution in [3.05, 3.63) is 29.8 Å². The van der Waals surface area contributed by atoms with Gasteiger partial charge in [0.2, 0.25) is 0 Å². The second kappa shape index (κ2) is 7.38. The highest BCUT2D eigenvalue weighted by molar-refractivity contribution is 5.29. The summed E-state index contributed by atoms with van der Waals surface area (Å²) in [5, 5.41) is 3.39. The highest BCUT2D eigenvalue weighted by Crippen LogP contribution is 2.22. The Balaban J connectivity index is 2.59. The third-order valence-electron chi connectivity index (χ3n) is 2.73. The van der Waals surface area contributed by atoms with E-state index in [0.717, 1.165) is 24.9 Å². The Hall–Kier alpha value is -1.23. The van der Waals surface area contributed by atoms with Crippen molar-refractivity contribution in [2.75, 3.05) is 13.2 Å². The third kappa shape index (κ3) is 5.96. The first-order valence-corrected chi connectivity index (χ1v) is 6.49. The molecule has 0 radical (unpaired) electrons. The first kappa shape index (κ1) is 15.8. The molecule has 0 amide bonds. The molecule has 0 aliphatic heterocycles. The second-order valence-electron chi connectivity index (χ2n) is 4.39. The SMILES string of the molecule is CCCNC(CC)c1ccc(OCC(F)(F)F)cc1. The first-order valence-electron chi connectivity index (χ1n) is 6.49. The summed E-state index contributed by atoms with van der Waals surface area (Å²) in [6, 6.07) is 7.01. The molecule has 108 valence electrons. The summed E-state index contributed by atoms with van der Waals surface area (Å²) in [4.78, 5) is 0. The standard InChI is InChI=1S/C14H20F3NO/c1-3-9-18-13(4-2)11-5-7-12(8-6-11)19-10-14(15,16)17/h5-8,13,18H,3-4,9-10H2,1-2H3. The van der Waals surface area contributed by atoms with Crippen LogP contribution in [0.3, 0.4) is 0 Å². The average Bonchev–Trinajstić information content (AvgIpc) is 2.38. The van der Waals surface area contributed by atoms with Crippen LogP contribution in [0.2, 0.25) is 0 Å². The minimum absolute atomic E-state index is 0.233. The number of ether oxygens (including phenoxy) is 1. The molecule has 0 saturated heterocycles. The van der Waals surface area contributed by atoms with Crippen molar-refractivity contribution < 1.29 is 17.9 Å². The Kier molecular flexibility index (Phi) is 6.15. The molecule has 0 aromatic heterocycles. The highest BCUT2D eigenvalue weighted by Gasteiger charge is 2.28. The van der Waals surface area contributed by atoms with Crippen LogP contribution < -0.4 is 10.1 Å². The number of hydrogen-bond acceptors (Lipinski definition) is 2. The molecule has 1 N–H and O–H groups in total. The maximum atomic E-state index is 12.0. The van der Waals surface area contributed by atoms with Gasteiger partial charge < -0.3 is 10.1 Å². The lowest BCUT2D eigenvalue weighted by Gasteiger charge is -2.17. The van der Waals surface area contributed by atoms with Crippen molar-refractivity contribution in [2.45, 2.75) is 38.9 Å². The van der Waals surface area contributed by atoms with E-state index < -0.39 is 12.8 Å². The maximum absolute atomic E-state index is 12.0. The normalized spacial score (nSPS) is 13.3. The summed E-state index contributed by atoms with van der Waals surface area (Å²) in [5.41, 5.74) is 1.07. The Morgan fingerprint density at radius 1 is 1.16 bits per heavy atom.